The fourth-order valence-electron chi connectivity index (χ4n) is 3.36. The van der Waals surface area contributed by atoms with Gasteiger partial charge in [-0.2, -0.15) is 0 Å². The van der Waals surface area contributed by atoms with Crippen molar-refractivity contribution in [2.45, 2.75) is 39.5 Å². The second-order valence-electron chi connectivity index (χ2n) is 6.97. The van der Waals surface area contributed by atoms with Crippen LogP contribution in [0.5, 0.6) is 0 Å². The van der Waals surface area contributed by atoms with E-state index in [1.807, 2.05) is 19.1 Å². The van der Waals surface area contributed by atoms with Gasteiger partial charge in [0, 0.05) is 18.5 Å². The number of amides is 1. The zero-order valence-corrected chi connectivity index (χ0v) is 15.1. The maximum Gasteiger partial charge on any atom is 0.309 e. The molecule has 0 saturated carbocycles. The molecule has 1 aromatic carbocycles. The highest BCUT2D eigenvalue weighted by atomic mass is 16.5. The SMILES string of the molecule is COC(=O)C1CC[NH+](CC(=O)Nc2c(C)cccc2C(C)C)CC1. The highest BCUT2D eigenvalue weighted by molar-refractivity contribution is 5.93. The first-order chi connectivity index (χ1) is 11.4. The first-order valence-electron chi connectivity index (χ1n) is 8.73. The van der Waals surface area contributed by atoms with Crippen LogP contribution in [0, 0.1) is 12.8 Å². The molecule has 5 nitrogen and oxygen atoms in total. The van der Waals surface area contributed by atoms with Crippen LogP contribution in [-0.2, 0) is 14.3 Å². The Hall–Kier alpha value is -1.88. The van der Waals surface area contributed by atoms with E-state index in [4.69, 9.17) is 4.74 Å². The van der Waals surface area contributed by atoms with Crippen LogP contribution in [0.4, 0.5) is 5.69 Å². The summed E-state index contributed by atoms with van der Waals surface area (Å²) in [5.41, 5.74) is 3.21. The van der Waals surface area contributed by atoms with E-state index in [1.54, 1.807) is 0 Å². The van der Waals surface area contributed by atoms with Crippen LogP contribution in [0.25, 0.3) is 0 Å². The van der Waals surface area contributed by atoms with E-state index in [0.717, 1.165) is 37.2 Å². The van der Waals surface area contributed by atoms with Gasteiger partial charge in [-0.25, -0.2) is 0 Å². The average molecular weight is 333 g/mol. The number of hydrogen-bond donors (Lipinski definition) is 2. The zero-order valence-electron chi connectivity index (χ0n) is 15.1. The standard InChI is InChI=1S/C19H28N2O3/c1-13(2)16-7-5-6-14(3)18(16)20-17(22)12-21-10-8-15(9-11-21)19(23)24-4/h5-7,13,15H,8-12H2,1-4H3,(H,20,22)/p+1. The van der Waals surface area contributed by atoms with E-state index in [0.29, 0.717) is 12.5 Å². The number of carbonyl (C=O) groups is 2. The lowest BCUT2D eigenvalue weighted by molar-refractivity contribution is -0.897. The van der Waals surface area contributed by atoms with E-state index in [2.05, 4.69) is 25.2 Å². The summed E-state index contributed by atoms with van der Waals surface area (Å²) in [6, 6.07) is 6.13. The number of quaternary nitrogens is 1. The molecule has 0 spiro atoms. The fraction of sp³-hybridized carbons (Fsp3) is 0.579. The minimum atomic E-state index is -0.125. The minimum absolute atomic E-state index is 0.00859. The second kappa shape index (κ2) is 8.29. The van der Waals surface area contributed by atoms with Gasteiger partial charge in [-0.3, -0.25) is 9.59 Å². The van der Waals surface area contributed by atoms with Crippen LogP contribution in [0.2, 0.25) is 0 Å². The largest absolute Gasteiger partial charge is 0.469 e. The van der Waals surface area contributed by atoms with E-state index < -0.39 is 0 Å². The predicted octanol–water partition coefficient (Wildman–Crippen LogP) is 1.52. The van der Waals surface area contributed by atoms with E-state index in [-0.39, 0.29) is 17.8 Å². The van der Waals surface area contributed by atoms with Crippen molar-refractivity contribution in [3.8, 4) is 0 Å². The van der Waals surface area contributed by atoms with E-state index in [1.165, 1.54) is 17.6 Å². The predicted molar refractivity (Wildman–Crippen MR) is 94.2 cm³/mol. The highest BCUT2D eigenvalue weighted by Gasteiger charge is 2.29. The van der Waals surface area contributed by atoms with Crippen molar-refractivity contribution in [1.29, 1.82) is 0 Å². The first-order valence-corrected chi connectivity index (χ1v) is 8.73. The number of likely N-dealkylation sites (tertiary alicyclic amines) is 1. The molecular weight excluding hydrogens is 304 g/mol. The lowest BCUT2D eigenvalue weighted by atomic mass is 9.97. The van der Waals surface area contributed by atoms with Crippen molar-refractivity contribution < 1.29 is 19.2 Å². The Morgan fingerprint density at radius 1 is 1.29 bits per heavy atom. The number of ether oxygens (including phenoxy) is 1. The molecule has 0 bridgehead atoms. The second-order valence-corrected chi connectivity index (χ2v) is 6.97. The average Bonchev–Trinajstić information content (AvgIpc) is 2.56. The summed E-state index contributed by atoms with van der Waals surface area (Å²) in [6.07, 6.45) is 1.58. The molecule has 24 heavy (non-hydrogen) atoms. The smallest absolute Gasteiger partial charge is 0.309 e. The van der Waals surface area contributed by atoms with Crippen molar-refractivity contribution in [1.82, 2.24) is 0 Å². The van der Waals surface area contributed by atoms with Crippen molar-refractivity contribution in [2.75, 3.05) is 32.1 Å². The molecule has 0 radical (unpaired) electrons. The molecule has 5 heteroatoms. The molecule has 1 fully saturated rings. The molecule has 1 aromatic rings. The van der Waals surface area contributed by atoms with E-state index in [9.17, 15) is 9.59 Å². The summed E-state index contributed by atoms with van der Waals surface area (Å²) in [7, 11) is 1.43. The minimum Gasteiger partial charge on any atom is -0.469 e. The number of carbonyl (C=O) groups excluding carboxylic acids is 2. The number of piperidine rings is 1. The van der Waals surface area contributed by atoms with Gasteiger partial charge in [0.25, 0.3) is 5.91 Å². The van der Waals surface area contributed by atoms with Gasteiger partial charge in [0.15, 0.2) is 6.54 Å². The van der Waals surface area contributed by atoms with Crippen molar-refractivity contribution in [3.63, 3.8) is 0 Å². The Bertz CT molecular complexity index is 590. The Morgan fingerprint density at radius 2 is 1.96 bits per heavy atom. The number of anilines is 1. The van der Waals surface area contributed by atoms with Crippen LogP contribution in [0.15, 0.2) is 18.2 Å². The number of benzene rings is 1. The Balaban J connectivity index is 1.92. The Kier molecular flexibility index (Phi) is 6.37. The lowest BCUT2D eigenvalue weighted by Crippen LogP contribution is -3.14. The highest BCUT2D eigenvalue weighted by Crippen LogP contribution is 2.27. The summed E-state index contributed by atoms with van der Waals surface area (Å²) in [6.45, 7) is 8.40. The van der Waals surface area contributed by atoms with Gasteiger partial charge < -0.3 is 15.0 Å². The molecule has 1 aliphatic heterocycles. The van der Waals surface area contributed by atoms with Crippen LogP contribution in [0.1, 0.15) is 43.7 Å². The summed E-state index contributed by atoms with van der Waals surface area (Å²) in [5, 5.41) is 3.10. The van der Waals surface area contributed by atoms with Crippen LogP contribution >= 0.6 is 0 Å². The van der Waals surface area contributed by atoms with Gasteiger partial charge in [-0.05, 0) is 24.0 Å². The molecule has 0 aliphatic carbocycles. The maximum absolute atomic E-state index is 12.5. The van der Waals surface area contributed by atoms with Crippen molar-refractivity contribution in [2.24, 2.45) is 5.92 Å². The number of rotatable bonds is 5. The summed E-state index contributed by atoms with van der Waals surface area (Å²) in [4.78, 5) is 25.2. The summed E-state index contributed by atoms with van der Waals surface area (Å²) in [5.74, 6) is 0.270. The molecule has 2 rings (SSSR count). The van der Waals surface area contributed by atoms with E-state index >= 15 is 0 Å². The van der Waals surface area contributed by atoms with Crippen LogP contribution < -0.4 is 10.2 Å². The maximum atomic E-state index is 12.5. The lowest BCUT2D eigenvalue weighted by Gasteiger charge is -2.27. The number of aryl methyl sites for hydroxylation is 1. The molecule has 2 N–H and O–H groups in total. The molecule has 1 saturated heterocycles. The molecule has 1 heterocycles. The first kappa shape index (κ1) is 18.5. The van der Waals surface area contributed by atoms with Crippen molar-refractivity contribution in [3.05, 3.63) is 29.3 Å². The number of esters is 1. The van der Waals surface area contributed by atoms with Crippen LogP contribution in [-0.4, -0.2) is 38.6 Å². The molecule has 0 unspecified atom stereocenters. The number of para-hydroxylation sites is 1. The van der Waals surface area contributed by atoms with Gasteiger partial charge in [0.05, 0.1) is 26.1 Å². The third kappa shape index (κ3) is 4.57. The van der Waals surface area contributed by atoms with Gasteiger partial charge in [0.2, 0.25) is 0 Å². The quantitative estimate of drug-likeness (QED) is 0.804. The number of hydrogen-bond acceptors (Lipinski definition) is 3. The van der Waals surface area contributed by atoms with Gasteiger partial charge in [0.1, 0.15) is 0 Å². The number of nitrogens with one attached hydrogen (secondary N) is 2. The summed E-state index contributed by atoms with van der Waals surface area (Å²) < 4.78 is 4.81. The normalized spacial score (nSPS) is 20.7. The molecule has 132 valence electrons. The fourth-order valence-corrected chi connectivity index (χ4v) is 3.36. The van der Waals surface area contributed by atoms with Gasteiger partial charge >= 0.3 is 5.97 Å². The molecule has 0 atom stereocenters. The van der Waals surface area contributed by atoms with Crippen LogP contribution in [0.3, 0.4) is 0 Å². The zero-order chi connectivity index (χ0) is 17.7. The molecule has 1 aliphatic rings. The Morgan fingerprint density at radius 3 is 2.54 bits per heavy atom. The van der Waals surface area contributed by atoms with Crippen molar-refractivity contribution >= 4 is 17.6 Å². The molecule has 0 aromatic heterocycles. The monoisotopic (exact) mass is 333 g/mol. The third-order valence-corrected chi connectivity index (χ3v) is 4.83. The van der Waals surface area contributed by atoms with Gasteiger partial charge in [-0.15, -0.1) is 0 Å². The summed E-state index contributed by atoms with van der Waals surface area (Å²) >= 11 is 0. The topological polar surface area (TPSA) is 59.8 Å². The number of methoxy groups -OCH3 is 1. The molecule has 1 amide bonds. The molecular formula is C19H29N2O3+. The van der Waals surface area contributed by atoms with Gasteiger partial charge in [-0.1, -0.05) is 32.0 Å². The third-order valence-electron chi connectivity index (χ3n) is 4.83. The Labute approximate surface area is 144 Å².